The molecule has 1 N–H and O–H groups in total. The zero-order valence-electron chi connectivity index (χ0n) is 10.6. The van der Waals surface area contributed by atoms with Crippen molar-refractivity contribution in [3.8, 4) is 5.75 Å². The number of carboxylic acids is 1. The van der Waals surface area contributed by atoms with Gasteiger partial charge in [-0.15, -0.1) is 16.8 Å². The molecule has 0 atom stereocenters. The van der Waals surface area contributed by atoms with Crippen molar-refractivity contribution in [2.45, 2.75) is 13.3 Å². The Kier molecular flexibility index (Phi) is 3.75. The second kappa shape index (κ2) is 5.48. The highest BCUT2D eigenvalue weighted by Gasteiger charge is 2.17. The Morgan fingerprint density at radius 3 is 2.79 bits per heavy atom. The predicted molar refractivity (Wildman–Crippen MR) is 71.4 cm³/mol. The molecule has 2 aromatic rings. The minimum atomic E-state index is -1.15. The Morgan fingerprint density at radius 1 is 1.37 bits per heavy atom. The van der Waals surface area contributed by atoms with E-state index in [1.165, 1.54) is 0 Å². The highest BCUT2D eigenvalue weighted by Crippen LogP contribution is 2.27. The maximum atomic E-state index is 11.2. The Balaban J connectivity index is 2.43. The second-order valence-corrected chi connectivity index (χ2v) is 4.26. The highest BCUT2D eigenvalue weighted by molar-refractivity contribution is 5.96. The molecule has 0 saturated carbocycles. The summed E-state index contributed by atoms with van der Waals surface area (Å²) in [5.41, 5.74) is 1.42. The third-order valence-electron chi connectivity index (χ3n) is 2.60. The molecule has 0 amide bonds. The Bertz CT molecular complexity index is 638. The molecule has 0 bridgehead atoms. The molecule has 0 fully saturated rings. The van der Waals surface area contributed by atoms with Crippen LogP contribution in [0.1, 0.15) is 23.8 Å². The molecule has 0 aliphatic heterocycles. The van der Waals surface area contributed by atoms with Gasteiger partial charge in [-0.25, -0.2) is 4.79 Å². The molecule has 0 radical (unpaired) electrons. The van der Waals surface area contributed by atoms with E-state index in [1.54, 1.807) is 18.2 Å². The highest BCUT2D eigenvalue weighted by atomic mass is 16.5. The normalized spacial score (nSPS) is 10.4. The Hall–Kier alpha value is -2.43. The van der Waals surface area contributed by atoms with Crippen LogP contribution in [0.5, 0.6) is 5.75 Å². The number of aromatic carboxylic acids is 1. The van der Waals surface area contributed by atoms with Gasteiger partial charge in [-0.1, -0.05) is 17.7 Å². The summed E-state index contributed by atoms with van der Waals surface area (Å²) in [6, 6.07) is 7.16. The lowest BCUT2D eigenvalue weighted by atomic mass is 10.2. The van der Waals surface area contributed by atoms with Gasteiger partial charge in [0.05, 0.1) is 12.1 Å². The number of carboxylic acid groups (broad SMARTS) is 1. The lowest BCUT2D eigenvalue weighted by molar-refractivity contribution is 0.0684. The van der Waals surface area contributed by atoms with Crippen LogP contribution in [-0.2, 0) is 0 Å². The lowest BCUT2D eigenvalue weighted by Crippen LogP contribution is -2.09. The van der Waals surface area contributed by atoms with Crippen molar-refractivity contribution in [1.82, 2.24) is 10.2 Å². The summed E-state index contributed by atoms with van der Waals surface area (Å²) < 4.78 is 5.58. The molecular formula is C14H14N2O3. The van der Waals surface area contributed by atoms with Gasteiger partial charge in [0.25, 0.3) is 0 Å². The number of hydrogen-bond donors (Lipinski definition) is 1. The van der Waals surface area contributed by atoms with Crippen molar-refractivity contribution >= 4 is 16.9 Å². The van der Waals surface area contributed by atoms with Crippen LogP contribution in [0.25, 0.3) is 10.9 Å². The first-order valence-corrected chi connectivity index (χ1v) is 5.85. The van der Waals surface area contributed by atoms with E-state index in [0.717, 1.165) is 5.57 Å². The smallest absolute Gasteiger partial charge is 0.360 e. The maximum Gasteiger partial charge on any atom is 0.360 e. The van der Waals surface area contributed by atoms with Gasteiger partial charge < -0.3 is 9.84 Å². The van der Waals surface area contributed by atoms with E-state index in [0.29, 0.717) is 23.9 Å². The van der Waals surface area contributed by atoms with Gasteiger partial charge >= 0.3 is 5.97 Å². The molecular weight excluding hydrogens is 244 g/mol. The van der Waals surface area contributed by atoms with Gasteiger partial charge in [-0.05, 0) is 19.1 Å². The first-order chi connectivity index (χ1) is 9.09. The van der Waals surface area contributed by atoms with Crippen LogP contribution in [-0.4, -0.2) is 27.9 Å². The monoisotopic (exact) mass is 258 g/mol. The fourth-order valence-electron chi connectivity index (χ4n) is 1.64. The molecule has 2 rings (SSSR count). The first-order valence-electron chi connectivity index (χ1n) is 5.85. The Labute approximate surface area is 110 Å². The summed E-state index contributed by atoms with van der Waals surface area (Å²) in [5, 5.41) is 17.4. The molecule has 1 aromatic heterocycles. The molecule has 1 aromatic carbocycles. The van der Waals surface area contributed by atoms with Crippen LogP contribution in [0.15, 0.2) is 36.4 Å². The van der Waals surface area contributed by atoms with Gasteiger partial charge in [0, 0.05) is 11.8 Å². The molecule has 0 unspecified atom stereocenters. The third-order valence-corrected chi connectivity index (χ3v) is 2.60. The molecule has 0 aliphatic carbocycles. The van der Waals surface area contributed by atoms with E-state index in [2.05, 4.69) is 16.8 Å². The third kappa shape index (κ3) is 2.88. The zero-order chi connectivity index (χ0) is 13.8. The van der Waals surface area contributed by atoms with E-state index < -0.39 is 5.97 Å². The summed E-state index contributed by atoms with van der Waals surface area (Å²) in [5.74, 6) is -0.886. The number of carbonyl (C=O) groups is 1. The van der Waals surface area contributed by atoms with Gasteiger partial charge in [-0.2, -0.15) is 0 Å². The number of aromatic nitrogens is 2. The van der Waals surface area contributed by atoms with Crippen LogP contribution in [0.4, 0.5) is 0 Å². The number of hydrogen-bond acceptors (Lipinski definition) is 4. The van der Waals surface area contributed by atoms with E-state index >= 15 is 0 Å². The average molecular weight is 258 g/mol. The molecule has 19 heavy (non-hydrogen) atoms. The van der Waals surface area contributed by atoms with E-state index in [4.69, 9.17) is 9.84 Å². The van der Waals surface area contributed by atoms with E-state index in [-0.39, 0.29) is 11.4 Å². The molecule has 1 heterocycles. The summed E-state index contributed by atoms with van der Waals surface area (Å²) >= 11 is 0. The fourth-order valence-corrected chi connectivity index (χ4v) is 1.64. The standard InChI is InChI=1S/C14H14N2O3/c1-9(2)7-8-19-13-10-5-3-4-6-11(10)15-16-12(13)14(17)18/h3-6H,1,7-8H2,2H3,(H,17,18). The van der Waals surface area contributed by atoms with Crippen molar-refractivity contribution in [3.05, 3.63) is 42.1 Å². The molecule has 0 saturated heterocycles. The molecule has 5 heteroatoms. The second-order valence-electron chi connectivity index (χ2n) is 4.26. The zero-order valence-corrected chi connectivity index (χ0v) is 10.6. The summed E-state index contributed by atoms with van der Waals surface area (Å²) in [7, 11) is 0. The van der Waals surface area contributed by atoms with Crippen LogP contribution < -0.4 is 4.74 Å². The number of fused-ring (bicyclic) bond motifs is 1. The topological polar surface area (TPSA) is 72.3 Å². The van der Waals surface area contributed by atoms with Gasteiger partial charge in [-0.3, -0.25) is 0 Å². The summed E-state index contributed by atoms with van der Waals surface area (Å²) in [4.78, 5) is 11.2. The summed E-state index contributed by atoms with van der Waals surface area (Å²) in [6.45, 7) is 6.04. The van der Waals surface area contributed by atoms with Crippen molar-refractivity contribution in [1.29, 1.82) is 0 Å². The van der Waals surface area contributed by atoms with Gasteiger partial charge in [0.1, 0.15) is 0 Å². The lowest BCUT2D eigenvalue weighted by Gasteiger charge is -2.10. The van der Waals surface area contributed by atoms with Gasteiger partial charge in [0.15, 0.2) is 5.75 Å². The Morgan fingerprint density at radius 2 is 2.11 bits per heavy atom. The van der Waals surface area contributed by atoms with Crippen molar-refractivity contribution in [3.63, 3.8) is 0 Å². The van der Waals surface area contributed by atoms with Crippen LogP contribution in [0.2, 0.25) is 0 Å². The largest absolute Gasteiger partial charge is 0.490 e. The average Bonchev–Trinajstić information content (AvgIpc) is 2.38. The van der Waals surface area contributed by atoms with Gasteiger partial charge in [0.2, 0.25) is 5.69 Å². The first kappa shape index (κ1) is 13.0. The van der Waals surface area contributed by atoms with Crippen molar-refractivity contribution in [2.75, 3.05) is 6.61 Å². The number of ether oxygens (including phenoxy) is 1. The van der Waals surface area contributed by atoms with Crippen molar-refractivity contribution < 1.29 is 14.6 Å². The number of rotatable bonds is 5. The summed E-state index contributed by atoms with van der Waals surface area (Å²) in [6.07, 6.45) is 0.662. The van der Waals surface area contributed by atoms with Crippen LogP contribution >= 0.6 is 0 Å². The maximum absolute atomic E-state index is 11.2. The van der Waals surface area contributed by atoms with E-state index in [9.17, 15) is 4.79 Å². The predicted octanol–water partition coefficient (Wildman–Crippen LogP) is 2.67. The van der Waals surface area contributed by atoms with E-state index in [1.807, 2.05) is 13.0 Å². The van der Waals surface area contributed by atoms with Crippen LogP contribution in [0.3, 0.4) is 0 Å². The SMILES string of the molecule is C=C(C)CCOc1c(C(=O)O)nnc2ccccc12. The molecule has 5 nitrogen and oxygen atoms in total. The van der Waals surface area contributed by atoms with Crippen molar-refractivity contribution in [2.24, 2.45) is 0 Å². The molecule has 98 valence electrons. The minimum absolute atomic E-state index is 0.166. The number of benzene rings is 1. The molecule has 0 spiro atoms. The fraction of sp³-hybridized carbons (Fsp3) is 0.214. The number of nitrogens with zero attached hydrogens (tertiary/aromatic N) is 2. The molecule has 0 aliphatic rings. The quantitative estimate of drug-likeness (QED) is 0.835. The van der Waals surface area contributed by atoms with Crippen LogP contribution in [0, 0.1) is 0 Å². The minimum Gasteiger partial charge on any atom is -0.490 e.